The van der Waals surface area contributed by atoms with Crippen LogP contribution in [0.1, 0.15) is 79.9 Å². The van der Waals surface area contributed by atoms with Crippen molar-refractivity contribution in [1.29, 1.82) is 0 Å². The number of hydrogen-bond donors (Lipinski definition) is 2. The van der Waals surface area contributed by atoms with E-state index in [1.165, 1.54) is 71.2 Å². The number of aryl methyl sites for hydroxylation is 1. The topological polar surface area (TPSA) is 119 Å². The second-order valence-corrected chi connectivity index (χ2v) is 14.0. The van der Waals surface area contributed by atoms with Gasteiger partial charge in [0.25, 0.3) is 5.91 Å². The number of nitrogens with two attached hydrogens (primary N) is 1. The number of aromatic nitrogens is 5. The van der Waals surface area contributed by atoms with E-state index in [0.29, 0.717) is 34.4 Å². The highest BCUT2D eigenvalue weighted by Crippen LogP contribution is 2.41. The van der Waals surface area contributed by atoms with Crippen molar-refractivity contribution in [2.24, 2.45) is 17.1 Å². The van der Waals surface area contributed by atoms with E-state index in [9.17, 15) is 4.79 Å². The number of nitrogens with one attached hydrogen (secondary N) is 1. The lowest BCUT2D eigenvalue weighted by Gasteiger charge is -2.45. The first kappa shape index (κ1) is 27.5. The summed E-state index contributed by atoms with van der Waals surface area (Å²) >= 11 is 0. The number of nitrogens with zero attached hydrogens (tertiary/aromatic N) is 7. The molecule has 1 amide bonds. The maximum absolute atomic E-state index is 12.8. The first-order chi connectivity index (χ1) is 20.9. The SMILES string of the molecule is Cc1nn(C2CCC(CN3CCC4(CCNCC4)CC3)CC2)cc1-c1nn2ccc(N3C[C@H]4C[C@@H]3CO4)nc2c1C(N)=O. The molecule has 4 saturated heterocycles. The summed E-state index contributed by atoms with van der Waals surface area (Å²) in [7, 11) is 0. The van der Waals surface area contributed by atoms with Gasteiger partial charge in [0.1, 0.15) is 17.1 Å². The third kappa shape index (κ3) is 5.03. The van der Waals surface area contributed by atoms with E-state index in [2.05, 4.69) is 26.0 Å². The van der Waals surface area contributed by atoms with Crippen molar-refractivity contribution < 1.29 is 9.53 Å². The maximum atomic E-state index is 12.8. The number of likely N-dealkylation sites (tertiary alicyclic amines) is 1. The van der Waals surface area contributed by atoms with E-state index in [0.717, 1.165) is 55.4 Å². The number of anilines is 1. The Morgan fingerprint density at radius 1 is 1.09 bits per heavy atom. The van der Waals surface area contributed by atoms with Crippen LogP contribution in [-0.2, 0) is 4.74 Å². The van der Waals surface area contributed by atoms with Gasteiger partial charge in [-0.2, -0.15) is 10.2 Å². The average molecular weight is 588 g/mol. The fourth-order valence-corrected chi connectivity index (χ4v) is 8.70. The molecule has 8 rings (SSSR count). The Bertz CT molecular complexity index is 1490. The van der Waals surface area contributed by atoms with Gasteiger partial charge in [-0.1, -0.05) is 0 Å². The number of primary amides is 1. The second-order valence-electron chi connectivity index (χ2n) is 14.0. The minimum Gasteiger partial charge on any atom is -0.374 e. The molecule has 0 aromatic carbocycles. The summed E-state index contributed by atoms with van der Waals surface area (Å²) in [5.41, 5.74) is 9.73. The molecule has 5 fully saturated rings. The van der Waals surface area contributed by atoms with Gasteiger partial charge < -0.3 is 25.6 Å². The predicted octanol–water partition coefficient (Wildman–Crippen LogP) is 3.17. The number of rotatable bonds is 6. The lowest BCUT2D eigenvalue weighted by molar-refractivity contribution is 0.0592. The lowest BCUT2D eigenvalue weighted by Crippen LogP contribution is -2.46. The number of piperidine rings is 2. The Morgan fingerprint density at radius 3 is 2.58 bits per heavy atom. The van der Waals surface area contributed by atoms with Gasteiger partial charge in [0.05, 0.1) is 30.5 Å². The first-order valence-electron chi connectivity index (χ1n) is 16.5. The molecular formula is C32H45N9O2. The molecule has 43 heavy (non-hydrogen) atoms. The average Bonchev–Trinajstić information content (AvgIpc) is 3.82. The van der Waals surface area contributed by atoms with E-state index in [1.807, 2.05) is 19.2 Å². The van der Waals surface area contributed by atoms with Gasteiger partial charge in [-0.25, -0.2) is 9.50 Å². The molecule has 1 saturated carbocycles. The standard InChI is InChI=1S/C32H45N9O2/c1-21-26(29-28(30(33)42)31-35-27(6-13-40(31)37-29)39-18-25-16-24(39)20-43-25)19-41(36-21)23-4-2-22(3-5-23)17-38-14-9-32(10-15-38)7-11-34-12-8-32/h6,13,19,22-25,34H,2-5,7-12,14-18,20H2,1H3,(H2,33,42)/t22?,23?,24-,25-/m1/s1. The van der Waals surface area contributed by atoms with Crippen molar-refractivity contribution in [2.75, 3.05) is 50.8 Å². The van der Waals surface area contributed by atoms with Crippen LogP contribution in [0.15, 0.2) is 18.5 Å². The molecule has 0 unspecified atom stereocenters. The molecule has 7 heterocycles. The zero-order chi connectivity index (χ0) is 29.1. The van der Waals surface area contributed by atoms with Gasteiger partial charge in [0.15, 0.2) is 5.65 Å². The number of hydrogen-bond acceptors (Lipinski definition) is 8. The second kappa shape index (κ2) is 10.9. The van der Waals surface area contributed by atoms with Crippen LogP contribution in [-0.4, -0.2) is 93.2 Å². The number of amides is 1. The lowest BCUT2D eigenvalue weighted by atomic mass is 9.71. The molecule has 5 aliphatic rings. The number of fused-ring (bicyclic) bond motifs is 3. The highest BCUT2D eigenvalue weighted by Gasteiger charge is 2.40. The Hall–Kier alpha value is -3.02. The highest BCUT2D eigenvalue weighted by molar-refractivity contribution is 6.05. The Balaban J connectivity index is 0.952. The number of morpholine rings is 1. The van der Waals surface area contributed by atoms with Crippen LogP contribution in [0.4, 0.5) is 5.82 Å². The van der Waals surface area contributed by atoms with E-state index < -0.39 is 5.91 Å². The molecule has 4 aliphatic heterocycles. The molecule has 11 nitrogen and oxygen atoms in total. The van der Waals surface area contributed by atoms with Crippen molar-refractivity contribution in [1.82, 2.24) is 34.6 Å². The van der Waals surface area contributed by atoms with Crippen LogP contribution >= 0.6 is 0 Å². The maximum Gasteiger partial charge on any atom is 0.254 e. The molecular weight excluding hydrogens is 542 g/mol. The summed E-state index contributed by atoms with van der Waals surface area (Å²) in [5.74, 6) is 1.10. The number of ether oxygens (including phenoxy) is 1. The minimum absolute atomic E-state index is 0.263. The fraction of sp³-hybridized carbons (Fsp3) is 0.688. The third-order valence-corrected chi connectivity index (χ3v) is 11.4. The number of carbonyl (C=O) groups is 1. The van der Waals surface area contributed by atoms with Crippen molar-refractivity contribution >= 4 is 17.4 Å². The highest BCUT2D eigenvalue weighted by atomic mass is 16.5. The minimum atomic E-state index is -0.516. The first-order valence-corrected chi connectivity index (χ1v) is 16.5. The Morgan fingerprint density at radius 2 is 1.88 bits per heavy atom. The molecule has 1 aliphatic carbocycles. The van der Waals surface area contributed by atoms with Gasteiger partial charge in [-0.05, 0) is 108 Å². The summed E-state index contributed by atoms with van der Waals surface area (Å²) in [4.78, 5) is 22.7. The van der Waals surface area contributed by atoms with Gasteiger partial charge in [-0.15, -0.1) is 0 Å². The Labute approximate surface area is 253 Å². The van der Waals surface area contributed by atoms with Crippen molar-refractivity contribution in [2.45, 2.75) is 82.9 Å². The van der Waals surface area contributed by atoms with Crippen molar-refractivity contribution in [3.05, 3.63) is 29.7 Å². The monoisotopic (exact) mass is 587 g/mol. The van der Waals surface area contributed by atoms with Crippen LogP contribution in [0.5, 0.6) is 0 Å². The summed E-state index contributed by atoms with van der Waals surface area (Å²) in [5, 5.41) is 13.3. The molecule has 3 aromatic heterocycles. The molecule has 230 valence electrons. The number of carbonyl (C=O) groups excluding carboxylic acids is 1. The van der Waals surface area contributed by atoms with Crippen LogP contribution in [0.2, 0.25) is 0 Å². The van der Waals surface area contributed by atoms with Gasteiger partial charge >= 0.3 is 0 Å². The van der Waals surface area contributed by atoms with Gasteiger partial charge in [-0.3, -0.25) is 9.48 Å². The van der Waals surface area contributed by atoms with Gasteiger partial charge in [0.2, 0.25) is 0 Å². The summed E-state index contributed by atoms with van der Waals surface area (Å²) in [6.45, 7) is 9.74. The molecule has 2 bridgehead atoms. The Kier molecular flexibility index (Phi) is 6.95. The molecule has 2 atom stereocenters. The zero-order valence-electron chi connectivity index (χ0n) is 25.4. The van der Waals surface area contributed by atoms with E-state index >= 15 is 0 Å². The molecule has 3 N–H and O–H groups in total. The normalized spacial score (nSPS) is 29.2. The van der Waals surface area contributed by atoms with E-state index in [4.69, 9.17) is 25.7 Å². The summed E-state index contributed by atoms with van der Waals surface area (Å²) in [6, 6.07) is 2.68. The zero-order valence-corrected chi connectivity index (χ0v) is 25.4. The van der Waals surface area contributed by atoms with Crippen LogP contribution < -0.4 is 16.0 Å². The smallest absolute Gasteiger partial charge is 0.254 e. The van der Waals surface area contributed by atoms with E-state index in [1.54, 1.807) is 4.52 Å². The van der Waals surface area contributed by atoms with Gasteiger partial charge in [0, 0.05) is 31.0 Å². The summed E-state index contributed by atoms with van der Waals surface area (Å²) in [6.07, 6.45) is 15.5. The van der Waals surface area contributed by atoms with Crippen LogP contribution in [0.3, 0.4) is 0 Å². The van der Waals surface area contributed by atoms with Crippen molar-refractivity contribution in [3.8, 4) is 11.3 Å². The van der Waals surface area contributed by atoms with Crippen LogP contribution in [0, 0.1) is 18.3 Å². The molecule has 11 heteroatoms. The van der Waals surface area contributed by atoms with E-state index in [-0.39, 0.29) is 6.10 Å². The third-order valence-electron chi connectivity index (χ3n) is 11.4. The van der Waals surface area contributed by atoms with Crippen molar-refractivity contribution in [3.63, 3.8) is 0 Å². The summed E-state index contributed by atoms with van der Waals surface area (Å²) < 4.78 is 9.57. The quantitative estimate of drug-likeness (QED) is 0.452. The largest absolute Gasteiger partial charge is 0.374 e. The molecule has 0 radical (unpaired) electrons. The predicted molar refractivity (Wildman–Crippen MR) is 164 cm³/mol. The fourth-order valence-electron chi connectivity index (χ4n) is 8.70. The molecule has 3 aromatic rings. The molecule has 1 spiro atoms. The van der Waals surface area contributed by atoms with Crippen LogP contribution in [0.25, 0.3) is 16.9 Å².